The van der Waals surface area contributed by atoms with Crippen LogP contribution in [0.5, 0.6) is 0 Å². The molecule has 2 nitrogen and oxygen atoms in total. The first-order valence-corrected chi connectivity index (χ1v) is 3.67. The van der Waals surface area contributed by atoms with Crippen LogP contribution < -0.4 is 6.15 Å². The van der Waals surface area contributed by atoms with Crippen LogP contribution in [-0.2, 0) is 4.74 Å². The highest BCUT2D eigenvalue weighted by Crippen LogP contribution is 2.35. The van der Waals surface area contributed by atoms with Gasteiger partial charge in [0.2, 0.25) is 0 Å². The molecule has 0 aliphatic heterocycles. The van der Waals surface area contributed by atoms with Crippen molar-refractivity contribution in [3.63, 3.8) is 0 Å². The van der Waals surface area contributed by atoms with Crippen LogP contribution in [0, 0.1) is 5.92 Å². The molecule has 2 heteroatoms. The van der Waals surface area contributed by atoms with Gasteiger partial charge in [-0.2, -0.15) is 0 Å². The molecule has 0 radical (unpaired) electrons. The molecule has 0 aromatic heterocycles. The lowest BCUT2D eigenvalue weighted by molar-refractivity contribution is -0.0207. The molecule has 1 rings (SSSR count). The van der Waals surface area contributed by atoms with Crippen LogP contribution in [0.4, 0.5) is 0 Å². The van der Waals surface area contributed by atoms with E-state index in [1.54, 1.807) is 0 Å². The lowest BCUT2D eigenvalue weighted by Crippen LogP contribution is -2.20. The Morgan fingerprint density at radius 3 is 1.80 bits per heavy atom. The predicted molar refractivity (Wildman–Crippen MR) is 43.4 cm³/mol. The van der Waals surface area contributed by atoms with Gasteiger partial charge in [0.1, 0.15) is 0 Å². The standard InChI is InChI=1S/C8H16O.H3N/c1-6-5-7(6)9-8(2,3)4;/h6-7H,5H2,1-4H3;1H3/t6?,7-;/m1./s1. The average Bonchev–Trinajstić information content (AvgIpc) is 2.13. The Morgan fingerprint density at radius 1 is 1.30 bits per heavy atom. The largest absolute Gasteiger partial charge is 0.372 e. The molecule has 0 amide bonds. The SMILES string of the molecule is CC1C[C@H]1OC(C)(C)C.N. The molecule has 62 valence electrons. The molecule has 10 heavy (non-hydrogen) atoms. The lowest BCUT2D eigenvalue weighted by atomic mass is 10.2. The van der Waals surface area contributed by atoms with E-state index in [2.05, 4.69) is 27.7 Å². The van der Waals surface area contributed by atoms with E-state index in [0.29, 0.717) is 6.10 Å². The average molecular weight is 145 g/mol. The van der Waals surface area contributed by atoms with Gasteiger partial charge in [-0.1, -0.05) is 6.92 Å². The molecule has 0 bridgehead atoms. The minimum Gasteiger partial charge on any atom is -0.372 e. The maximum Gasteiger partial charge on any atom is 0.0612 e. The van der Waals surface area contributed by atoms with Crippen molar-refractivity contribution in [2.75, 3.05) is 0 Å². The van der Waals surface area contributed by atoms with Crippen LogP contribution >= 0.6 is 0 Å². The van der Waals surface area contributed by atoms with Crippen LogP contribution in [0.1, 0.15) is 34.1 Å². The maximum atomic E-state index is 5.66. The van der Waals surface area contributed by atoms with Crippen LogP contribution in [0.25, 0.3) is 0 Å². The fourth-order valence-electron chi connectivity index (χ4n) is 0.906. The first kappa shape index (κ1) is 9.92. The summed E-state index contributed by atoms with van der Waals surface area (Å²) in [7, 11) is 0. The minimum atomic E-state index is 0. The van der Waals surface area contributed by atoms with Crippen LogP contribution in [0.2, 0.25) is 0 Å². The summed E-state index contributed by atoms with van der Waals surface area (Å²) in [5.41, 5.74) is 0.0649. The minimum absolute atomic E-state index is 0. The third kappa shape index (κ3) is 3.18. The molecule has 1 unspecified atom stereocenters. The molecule has 0 heterocycles. The van der Waals surface area contributed by atoms with Crippen LogP contribution in [0.3, 0.4) is 0 Å². The maximum absolute atomic E-state index is 5.66. The molecule has 0 spiro atoms. The van der Waals surface area contributed by atoms with Crippen molar-refractivity contribution in [1.82, 2.24) is 6.15 Å². The molecular formula is C8H19NO. The van der Waals surface area contributed by atoms with Crippen molar-refractivity contribution < 1.29 is 4.74 Å². The van der Waals surface area contributed by atoms with Crippen molar-refractivity contribution in [1.29, 1.82) is 0 Å². The van der Waals surface area contributed by atoms with Gasteiger partial charge in [0.25, 0.3) is 0 Å². The number of hydrogen-bond donors (Lipinski definition) is 1. The summed E-state index contributed by atoms with van der Waals surface area (Å²) in [6.45, 7) is 8.56. The summed E-state index contributed by atoms with van der Waals surface area (Å²) < 4.78 is 5.66. The predicted octanol–water partition coefficient (Wildman–Crippen LogP) is 2.37. The van der Waals surface area contributed by atoms with Crippen molar-refractivity contribution >= 4 is 0 Å². The topological polar surface area (TPSA) is 44.2 Å². The summed E-state index contributed by atoms with van der Waals surface area (Å²) in [5, 5.41) is 0. The number of rotatable bonds is 1. The van der Waals surface area contributed by atoms with Crippen molar-refractivity contribution in [3.05, 3.63) is 0 Å². The second kappa shape index (κ2) is 2.89. The monoisotopic (exact) mass is 145 g/mol. The zero-order valence-electron chi connectivity index (χ0n) is 7.48. The van der Waals surface area contributed by atoms with E-state index in [1.807, 2.05) is 0 Å². The molecule has 2 atom stereocenters. The van der Waals surface area contributed by atoms with Crippen molar-refractivity contribution in [3.8, 4) is 0 Å². The highest BCUT2D eigenvalue weighted by molar-refractivity contribution is 4.85. The number of ether oxygens (including phenoxy) is 1. The second-order valence-corrected chi connectivity index (χ2v) is 3.98. The lowest BCUT2D eigenvalue weighted by Gasteiger charge is -2.19. The Kier molecular flexibility index (Phi) is 2.86. The van der Waals surface area contributed by atoms with E-state index < -0.39 is 0 Å². The normalized spacial score (nSPS) is 31.2. The molecule has 0 aromatic rings. The molecule has 3 N–H and O–H groups in total. The van der Waals surface area contributed by atoms with Gasteiger partial charge in [-0.3, -0.25) is 0 Å². The Hall–Kier alpha value is -0.0800. The van der Waals surface area contributed by atoms with Crippen molar-refractivity contribution in [2.45, 2.75) is 45.8 Å². The van der Waals surface area contributed by atoms with Gasteiger partial charge in [-0.25, -0.2) is 0 Å². The van der Waals surface area contributed by atoms with Gasteiger partial charge in [0, 0.05) is 0 Å². The Balaban J connectivity index is 0.000000810. The molecule has 1 aliphatic rings. The second-order valence-electron chi connectivity index (χ2n) is 3.98. The third-order valence-corrected chi connectivity index (χ3v) is 1.54. The van der Waals surface area contributed by atoms with E-state index >= 15 is 0 Å². The Morgan fingerprint density at radius 2 is 1.70 bits per heavy atom. The Bertz CT molecular complexity index is 106. The molecular weight excluding hydrogens is 126 g/mol. The van der Waals surface area contributed by atoms with E-state index in [0.717, 1.165) is 5.92 Å². The van der Waals surface area contributed by atoms with Gasteiger partial charge in [-0.15, -0.1) is 0 Å². The molecule has 1 saturated carbocycles. The highest BCUT2D eigenvalue weighted by Gasteiger charge is 2.36. The van der Waals surface area contributed by atoms with E-state index in [1.165, 1.54) is 6.42 Å². The molecule has 1 aliphatic carbocycles. The van der Waals surface area contributed by atoms with Gasteiger partial charge in [0.15, 0.2) is 0 Å². The van der Waals surface area contributed by atoms with Crippen molar-refractivity contribution in [2.24, 2.45) is 5.92 Å². The summed E-state index contributed by atoms with van der Waals surface area (Å²) in [4.78, 5) is 0. The number of hydrogen-bond acceptors (Lipinski definition) is 2. The highest BCUT2D eigenvalue weighted by atomic mass is 16.5. The Labute approximate surface area is 63.5 Å². The zero-order chi connectivity index (χ0) is 7.07. The zero-order valence-corrected chi connectivity index (χ0v) is 7.48. The molecule has 1 fully saturated rings. The van der Waals surface area contributed by atoms with E-state index in [4.69, 9.17) is 4.74 Å². The molecule has 0 saturated heterocycles. The summed E-state index contributed by atoms with van der Waals surface area (Å²) in [6.07, 6.45) is 1.82. The fraction of sp³-hybridized carbons (Fsp3) is 1.00. The smallest absolute Gasteiger partial charge is 0.0612 e. The van der Waals surface area contributed by atoms with Gasteiger partial charge < -0.3 is 10.9 Å². The van der Waals surface area contributed by atoms with E-state index in [9.17, 15) is 0 Å². The summed E-state index contributed by atoms with van der Waals surface area (Å²) in [5.74, 6) is 0.809. The van der Waals surface area contributed by atoms with Gasteiger partial charge in [-0.05, 0) is 33.1 Å². The summed E-state index contributed by atoms with van der Waals surface area (Å²) >= 11 is 0. The van der Waals surface area contributed by atoms with Gasteiger partial charge >= 0.3 is 0 Å². The van der Waals surface area contributed by atoms with E-state index in [-0.39, 0.29) is 11.8 Å². The fourth-order valence-corrected chi connectivity index (χ4v) is 0.906. The first-order chi connectivity index (χ1) is 3.99. The first-order valence-electron chi connectivity index (χ1n) is 3.67. The van der Waals surface area contributed by atoms with Crippen LogP contribution in [-0.4, -0.2) is 11.7 Å². The van der Waals surface area contributed by atoms with Crippen LogP contribution in [0.15, 0.2) is 0 Å². The third-order valence-electron chi connectivity index (χ3n) is 1.54. The quantitative estimate of drug-likeness (QED) is 0.615. The molecule has 0 aromatic carbocycles. The van der Waals surface area contributed by atoms with Gasteiger partial charge in [0.05, 0.1) is 11.7 Å². The summed E-state index contributed by atoms with van der Waals surface area (Å²) in [6, 6.07) is 0.